The number of aliphatic hydroxyl groups excluding tert-OH is 1. The summed E-state index contributed by atoms with van der Waals surface area (Å²) in [4.78, 5) is 12.3. The highest BCUT2D eigenvalue weighted by molar-refractivity contribution is 5.75. The Hall–Kier alpha value is -3.13. The summed E-state index contributed by atoms with van der Waals surface area (Å²) in [5.74, 6) is -0.321. The molecule has 0 aromatic heterocycles. The molecule has 3 atom stereocenters. The molecule has 0 fully saturated rings. The summed E-state index contributed by atoms with van der Waals surface area (Å²) in [5, 5.41) is 20.1. The third-order valence-electron chi connectivity index (χ3n) is 5.88. The van der Waals surface area contributed by atoms with E-state index in [1.165, 1.54) is 21.3 Å². The van der Waals surface area contributed by atoms with Crippen molar-refractivity contribution in [3.05, 3.63) is 41.0 Å². The number of hydrogen-bond donors (Lipinski definition) is 2. The highest BCUT2D eigenvalue weighted by Gasteiger charge is 2.43. The van der Waals surface area contributed by atoms with Crippen molar-refractivity contribution in [1.82, 2.24) is 0 Å². The monoisotopic (exact) mass is 416 g/mol. The van der Waals surface area contributed by atoms with Crippen LogP contribution in [0.5, 0.6) is 28.7 Å². The van der Waals surface area contributed by atoms with Gasteiger partial charge in [0.1, 0.15) is 0 Å². The van der Waals surface area contributed by atoms with Gasteiger partial charge in [0.2, 0.25) is 12.5 Å². The SMILES string of the molecule is COc1cc([C@@H]2c3cc4c(cc3C[C@@H](CO)[C@@H]2C(=O)O)OCO4)cc(OC)c1OC. The molecule has 0 amide bonds. The van der Waals surface area contributed by atoms with E-state index in [2.05, 4.69) is 0 Å². The fourth-order valence-electron chi connectivity index (χ4n) is 4.53. The first-order chi connectivity index (χ1) is 14.5. The third-order valence-corrected chi connectivity index (χ3v) is 5.88. The predicted octanol–water partition coefficient (Wildman–Crippen LogP) is 2.44. The number of carboxylic acids is 1. The van der Waals surface area contributed by atoms with Crippen LogP contribution in [0.2, 0.25) is 0 Å². The number of fused-ring (bicyclic) bond motifs is 2. The fraction of sp³-hybridized carbons (Fsp3) is 0.409. The van der Waals surface area contributed by atoms with Gasteiger partial charge >= 0.3 is 5.97 Å². The van der Waals surface area contributed by atoms with E-state index in [0.29, 0.717) is 40.7 Å². The molecule has 1 aliphatic carbocycles. The van der Waals surface area contributed by atoms with Crippen molar-refractivity contribution in [2.45, 2.75) is 12.3 Å². The highest BCUT2D eigenvalue weighted by Crippen LogP contribution is 2.50. The van der Waals surface area contributed by atoms with Gasteiger partial charge in [-0.05, 0) is 47.4 Å². The quantitative estimate of drug-likeness (QED) is 0.740. The van der Waals surface area contributed by atoms with Gasteiger partial charge < -0.3 is 33.9 Å². The van der Waals surface area contributed by atoms with E-state index < -0.39 is 23.7 Å². The van der Waals surface area contributed by atoms with Crippen LogP contribution in [0, 0.1) is 11.8 Å². The number of aliphatic hydroxyl groups is 1. The first-order valence-electron chi connectivity index (χ1n) is 9.58. The summed E-state index contributed by atoms with van der Waals surface area (Å²) in [7, 11) is 4.54. The van der Waals surface area contributed by atoms with Gasteiger partial charge in [0.15, 0.2) is 23.0 Å². The second-order valence-electron chi connectivity index (χ2n) is 7.35. The van der Waals surface area contributed by atoms with Crippen LogP contribution in [-0.2, 0) is 11.2 Å². The van der Waals surface area contributed by atoms with E-state index in [0.717, 1.165) is 11.1 Å². The Balaban J connectivity index is 1.95. The Labute approximate surface area is 173 Å². The number of carbonyl (C=O) groups is 1. The van der Waals surface area contributed by atoms with Crippen LogP contribution in [0.3, 0.4) is 0 Å². The molecule has 2 N–H and O–H groups in total. The molecular formula is C22H24O8. The second-order valence-corrected chi connectivity index (χ2v) is 7.35. The summed E-state index contributed by atoms with van der Waals surface area (Å²) < 4.78 is 27.4. The van der Waals surface area contributed by atoms with Crippen LogP contribution in [0.4, 0.5) is 0 Å². The van der Waals surface area contributed by atoms with Crippen molar-refractivity contribution >= 4 is 5.97 Å². The van der Waals surface area contributed by atoms with Crippen LogP contribution < -0.4 is 23.7 Å². The smallest absolute Gasteiger partial charge is 0.307 e. The number of carboxylic acid groups (broad SMARTS) is 1. The maximum Gasteiger partial charge on any atom is 0.307 e. The maximum atomic E-state index is 12.3. The minimum Gasteiger partial charge on any atom is -0.493 e. The Morgan fingerprint density at radius 1 is 1.03 bits per heavy atom. The van der Waals surface area contributed by atoms with Gasteiger partial charge in [-0.15, -0.1) is 0 Å². The first-order valence-corrected chi connectivity index (χ1v) is 9.58. The predicted molar refractivity (Wildman–Crippen MR) is 106 cm³/mol. The molecule has 1 aliphatic heterocycles. The zero-order valence-corrected chi connectivity index (χ0v) is 17.0. The molecule has 0 saturated heterocycles. The Morgan fingerprint density at radius 2 is 1.67 bits per heavy atom. The maximum absolute atomic E-state index is 12.3. The summed E-state index contributed by atoms with van der Waals surface area (Å²) in [6.45, 7) is -0.120. The molecule has 2 aromatic rings. The molecule has 0 bridgehead atoms. The van der Waals surface area contributed by atoms with E-state index in [4.69, 9.17) is 23.7 Å². The van der Waals surface area contributed by atoms with Gasteiger partial charge in [-0.3, -0.25) is 4.79 Å². The van der Waals surface area contributed by atoms with E-state index in [-0.39, 0.29) is 13.4 Å². The first kappa shape index (κ1) is 20.2. The van der Waals surface area contributed by atoms with Gasteiger partial charge in [-0.1, -0.05) is 0 Å². The van der Waals surface area contributed by atoms with Gasteiger partial charge in [0.25, 0.3) is 0 Å². The lowest BCUT2D eigenvalue weighted by molar-refractivity contribution is -0.145. The van der Waals surface area contributed by atoms with E-state index >= 15 is 0 Å². The number of benzene rings is 2. The Kier molecular flexibility index (Phi) is 5.34. The van der Waals surface area contributed by atoms with E-state index in [1.807, 2.05) is 12.1 Å². The Bertz CT molecular complexity index is 945. The lowest BCUT2D eigenvalue weighted by atomic mass is 9.66. The van der Waals surface area contributed by atoms with Crippen molar-refractivity contribution < 1.29 is 38.7 Å². The molecule has 30 heavy (non-hydrogen) atoms. The van der Waals surface area contributed by atoms with Crippen LogP contribution >= 0.6 is 0 Å². The van der Waals surface area contributed by atoms with Crippen LogP contribution in [0.1, 0.15) is 22.6 Å². The van der Waals surface area contributed by atoms with Crippen molar-refractivity contribution in [1.29, 1.82) is 0 Å². The summed E-state index contributed by atoms with van der Waals surface area (Å²) in [6, 6.07) is 7.24. The largest absolute Gasteiger partial charge is 0.493 e. The molecule has 0 radical (unpaired) electrons. The zero-order valence-electron chi connectivity index (χ0n) is 17.0. The van der Waals surface area contributed by atoms with Gasteiger partial charge in [0.05, 0.1) is 27.2 Å². The standard InChI is InChI=1S/C22H24O8/c1-26-17-6-12(7-18(27-2)21(17)28-3)19-14-8-16-15(29-10-30-16)5-11(14)4-13(9-23)20(19)22(24)25/h5-8,13,19-20,23H,4,9-10H2,1-3H3,(H,24,25)/t13-,19+,20-/m0/s1. The van der Waals surface area contributed by atoms with E-state index in [1.54, 1.807) is 12.1 Å². The summed E-state index contributed by atoms with van der Waals surface area (Å²) in [5.41, 5.74) is 2.44. The number of ether oxygens (including phenoxy) is 5. The molecule has 160 valence electrons. The molecular weight excluding hydrogens is 392 g/mol. The van der Waals surface area contributed by atoms with Gasteiger partial charge in [-0.25, -0.2) is 0 Å². The Morgan fingerprint density at radius 3 is 2.20 bits per heavy atom. The molecule has 0 saturated carbocycles. The van der Waals surface area contributed by atoms with Crippen molar-refractivity contribution in [2.75, 3.05) is 34.7 Å². The fourth-order valence-corrected chi connectivity index (χ4v) is 4.53. The second kappa shape index (κ2) is 7.95. The number of methoxy groups -OCH3 is 3. The van der Waals surface area contributed by atoms with Crippen LogP contribution in [0.15, 0.2) is 24.3 Å². The molecule has 1 heterocycles. The van der Waals surface area contributed by atoms with Crippen LogP contribution in [-0.4, -0.2) is 50.9 Å². The lowest BCUT2D eigenvalue weighted by Crippen LogP contribution is -2.37. The molecule has 0 unspecified atom stereocenters. The highest BCUT2D eigenvalue weighted by atomic mass is 16.7. The van der Waals surface area contributed by atoms with Crippen LogP contribution in [0.25, 0.3) is 0 Å². The molecule has 2 aliphatic rings. The number of aliphatic carboxylic acids is 1. The number of rotatable bonds is 6. The molecule has 2 aromatic carbocycles. The van der Waals surface area contributed by atoms with Crippen molar-refractivity contribution in [3.8, 4) is 28.7 Å². The topological polar surface area (TPSA) is 104 Å². The normalized spacial score (nSPS) is 21.7. The molecule has 8 heteroatoms. The minimum atomic E-state index is -0.976. The molecule has 8 nitrogen and oxygen atoms in total. The van der Waals surface area contributed by atoms with Gasteiger partial charge in [-0.2, -0.15) is 0 Å². The zero-order chi connectivity index (χ0) is 21.4. The van der Waals surface area contributed by atoms with Crippen molar-refractivity contribution in [3.63, 3.8) is 0 Å². The third kappa shape index (κ3) is 3.17. The average molecular weight is 416 g/mol. The number of hydrogen-bond acceptors (Lipinski definition) is 7. The average Bonchev–Trinajstić information content (AvgIpc) is 3.22. The van der Waals surface area contributed by atoms with Gasteiger partial charge in [0, 0.05) is 18.4 Å². The van der Waals surface area contributed by atoms with E-state index in [9.17, 15) is 15.0 Å². The summed E-state index contributed by atoms with van der Waals surface area (Å²) in [6.07, 6.45) is 0.431. The minimum absolute atomic E-state index is 0.124. The molecule has 4 rings (SSSR count). The summed E-state index contributed by atoms with van der Waals surface area (Å²) >= 11 is 0. The molecule has 0 spiro atoms. The van der Waals surface area contributed by atoms with Crippen molar-refractivity contribution in [2.24, 2.45) is 11.8 Å². The lowest BCUT2D eigenvalue weighted by Gasteiger charge is -2.37.